The smallest absolute Gasteiger partial charge is 0.214 e. The lowest BCUT2D eigenvalue weighted by molar-refractivity contribution is 0.133. The Hall–Kier alpha value is -0.300. The Labute approximate surface area is 375 Å². The molecule has 0 aromatic rings. The number of piperazine rings is 1. The van der Waals surface area contributed by atoms with E-state index in [-0.39, 0.29) is 10.5 Å². The minimum Gasteiger partial charge on any atom is -0.304 e. The van der Waals surface area contributed by atoms with Crippen LogP contribution in [0, 0.1) is 0 Å². The molecule has 9 nitrogen and oxygen atoms in total. The van der Waals surface area contributed by atoms with E-state index in [1.54, 1.807) is 0 Å². The van der Waals surface area contributed by atoms with Crippen molar-refractivity contribution in [3.8, 4) is 0 Å². The molecule has 0 aromatic carbocycles. The summed E-state index contributed by atoms with van der Waals surface area (Å²) in [6, 6.07) is 0. The largest absolute Gasteiger partial charge is 0.304 e. The molecule has 60 heavy (non-hydrogen) atoms. The van der Waals surface area contributed by atoms with Crippen LogP contribution in [0.4, 0.5) is 0 Å². The highest BCUT2D eigenvalue weighted by molar-refractivity contribution is 7.90. The quantitative estimate of drug-likeness (QED) is 0.0587. The lowest BCUT2D eigenvalue weighted by atomic mass is 10.0. The number of hydrogen-bond acceptors (Lipinski definition) is 7. The fourth-order valence-corrected chi connectivity index (χ4v) is 12.0. The molecule has 0 spiro atoms. The molecule has 1 saturated heterocycles. The number of sulfonamides is 2. The van der Waals surface area contributed by atoms with Gasteiger partial charge in [0.1, 0.15) is 0 Å². The zero-order valence-electron chi connectivity index (χ0n) is 40.6. The number of likely N-dealkylation sites (N-methyl/N-ethyl adjacent to an activating group) is 1. The molecule has 1 aliphatic heterocycles. The normalized spacial score (nSPS) is 15.6. The number of rotatable bonds is 45. The van der Waals surface area contributed by atoms with E-state index < -0.39 is 20.0 Å². The second-order valence-corrected chi connectivity index (χ2v) is 22.8. The summed E-state index contributed by atoms with van der Waals surface area (Å²) in [6.45, 7) is 19.1. The van der Waals surface area contributed by atoms with Crippen molar-refractivity contribution in [3.63, 3.8) is 0 Å². The third kappa shape index (κ3) is 31.5. The van der Waals surface area contributed by atoms with Crippen LogP contribution in [0.25, 0.3) is 0 Å². The Kier molecular flexibility index (Phi) is 37.6. The molecule has 0 aromatic heterocycles. The topological polar surface area (TPSA) is 102 Å². The lowest BCUT2D eigenvalue weighted by Crippen LogP contribution is -2.47. The van der Waals surface area contributed by atoms with Crippen LogP contribution in [0.1, 0.15) is 233 Å². The van der Waals surface area contributed by atoms with E-state index in [4.69, 9.17) is 0 Å². The van der Waals surface area contributed by atoms with Gasteiger partial charge < -0.3 is 9.80 Å². The molecule has 0 radical (unpaired) electrons. The van der Waals surface area contributed by atoms with Gasteiger partial charge >= 0.3 is 0 Å². The van der Waals surface area contributed by atoms with E-state index in [1.807, 2.05) is 0 Å². The molecular weight excluding hydrogens is 787 g/mol. The van der Waals surface area contributed by atoms with Crippen molar-refractivity contribution in [3.05, 3.63) is 0 Å². The van der Waals surface area contributed by atoms with Crippen molar-refractivity contribution >= 4 is 20.0 Å². The fraction of sp³-hybridized carbons (Fsp3) is 1.00. The Bertz CT molecular complexity index is 1070. The second-order valence-electron chi connectivity index (χ2n) is 18.7. The van der Waals surface area contributed by atoms with E-state index in [9.17, 15) is 16.8 Å². The molecule has 2 atom stereocenters. The fourth-order valence-electron chi connectivity index (χ4n) is 8.79. The van der Waals surface area contributed by atoms with Gasteiger partial charge in [-0.15, -0.1) is 0 Å². The Balaban J connectivity index is 2.64. The highest BCUT2D eigenvalue weighted by Crippen LogP contribution is 2.21. The van der Waals surface area contributed by atoms with Gasteiger partial charge in [-0.05, 0) is 71.5 Å². The van der Waals surface area contributed by atoms with Crippen molar-refractivity contribution in [2.75, 3.05) is 72.5 Å². The van der Waals surface area contributed by atoms with E-state index in [2.05, 4.69) is 58.9 Å². The van der Waals surface area contributed by atoms with Gasteiger partial charge in [0.2, 0.25) is 20.0 Å². The van der Waals surface area contributed by atoms with Crippen LogP contribution < -0.4 is 9.44 Å². The molecule has 1 heterocycles. The summed E-state index contributed by atoms with van der Waals surface area (Å²) < 4.78 is 59.6. The zero-order valence-corrected chi connectivity index (χ0v) is 42.3. The van der Waals surface area contributed by atoms with E-state index in [0.29, 0.717) is 13.1 Å². The first-order valence-corrected chi connectivity index (χ1v) is 29.3. The molecule has 11 heteroatoms. The summed E-state index contributed by atoms with van der Waals surface area (Å²) >= 11 is 0. The molecule has 0 bridgehead atoms. The first-order chi connectivity index (χ1) is 29.1. The summed E-state index contributed by atoms with van der Waals surface area (Å²) in [4.78, 5) is 7.73. The summed E-state index contributed by atoms with van der Waals surface area (Å²) in [5, 5.41) is -0.514. The predicted molar refractivity (Wildman–Crippen MR) is 262 cm³/mol. The Morgan fingerprint density at radius 2 is 0.733 bits per heavy atom. The maximum Gasteiger partial charge on any atom is 0.214 e. The van der Waals surface area contributed by atoms with Crippen LogP contribution in [0.2, 0.25) is 0 Å². The molecule has 2 N–H and O–H groups in total. The number of nitrogens with one attached hydrogen (secondary N) is 2. The molecule has 1 fully saturated rings. The molecule has 1 rings (SSSR count). The van der Waals surface area contributed by atoms with Gasteiger partial charge in [0.15, 0.2) is 0 Å². The van der Waals surface area contributed by atoms with Crippen molar-refractivity contribution in [2.24, 2.45) is 0 Å². The van der Waals surface area contributed by atoms with Gasteiger partial charge in [0, 0.05) is 52.4 Å². The standard InChI is InChI=1S/C49H103N5O4S2/c1-6-10-14-18-20-26-34-48(59(55,56)50-38-30-16-12-8-3)36-28-22-24-32-40-53(46-47-54-44-42-52(5)43-45-54)41-33-25-23-29-37-49(35-27-21-19-15-11-7-2)60(57,58)51-39-31-17-13-9-4/h48-51H,6-47H2,1-5H3. The van der Waals surface area contributed by atoms with Gasteiger partial charge in [-0.3, -0.25) is 4.90 Å². The molecular formula is C49H103N5O4S2. The van der Waals surface area contributed by atoms with Gasteiger partial charge in [0.25, 0.3) is 0 Å². The average Bonchev–Trinajstić information content (AvgIpc) is 3.23. The SMILES string of the molecule is CCCCCCCCC(CCCCCCN(CCCCCCC(CCCCCCCC)S(=O)(=O)NCCCCCC)CCN1CCN(C)CC1)S(=O)(=O)NCCCCCC. The van der Waals surface area contributed by atoms with Crippen molar-refractivity contribution in [1.82, 2.24) is 24.1 Å². The summed E-state index contributed by atoms with van der Waals surface area (Å²) in [5.41, 5.74) is 0. The molecule has 1 aliphatic rings. The number of hydrogen-bond donors (Lipinski definition) is 2. The molecule has 360 valence electrons. The summed E-state index contributed by atoms with van der Waals surface area (Å²) in [5.74, 6) is 0. The van der Waals surface area contributed by atoms with E-state index in [1.165, 1.54) is 64.2 Å². The minimum atomic E-state index is -3.28. The first-order valence-electron chi connectivity index (χ1n) is 26.2. The van der Waals surface area contributed by atoms with E-state index in [0.717, 1.165) is 194 Å². The van der Waals surface area contributed by atoms with Crippen LogP contribution in [0.15, 0.2) is 0 Å². The minimum absolute atomic E-state index is 0.257. The van der Waals surface area contributed by atoms with Crippen LogP contribution in [0.3, 0.4) is 0 Å². The summed E-state index contributed by atoms with van der Waals surface area (Å²) in [6.07, 6.45) is 35.0. The van der Waals surface area contributed by atoms with Crippen LogP contribution in [-0.2, 0) is 20.0 Å². The molecule has 2 unspecified atom stereocenters. The monoisotopic (exact) mass is 890 g/mol. The van der Waals surface area contributed by atoms with E-state index >= 15 is 0 Å². The van der Waals surface area contributed by atoms with Crippen LogP contribution >= 0.6 is 0 Å². The first kappa shape index (κ1) is 57.7. The molecule has 0 amide bonds. The lowest BCUT2D eigenvalue weighted by Gasteiger charge is -2.34. The number of nitrogens with zero attached hydrogens (tertiary/aromatic N) is 3. The van der Waals surface area contributed by atoms with Gasteiger partial charge in [-0.25, -0.2) is 26.3 Å². The van der Waals surface area contributed by atoms with Crippen molar-refractivity contribution in [2.45, 2.75) is 244 Å². The van der Waals surface area contributed by atoms with Crippen LogP contribution in [0.5, 0.6) is 0 Å². The average molecular weight is 891 g/mol. The number of unbranched alkanes of at least 4 members (excludes halogenated alkanes) is 22. The van der Waals surface area contributed by atoms with Crippen LogP contribution in [-0.4, -0.2) is 115 Å². The highest BCUT2D eigenvalue weighted by Gasteiger charge is 2.25. The third-order valence-electron chi connectivity index (χ3n) is 13.1. The van der Waals surface area contributed by atoms with Gasteiger partial charge in [-0.1, -0.05) is 182 Å². The third-order valence-corrected chi connectivity index (χ3v) is 17.0. The molecule has 0 aliphatic carbocycles. The zero-order chi connectivity index (χ0) is 44.0. The Morgan fingerprint density at radius 1 is 0.417 bits per heavy atom. The summed E-state index contributed by atoms with van der Waals surface area (Å²) in [7, 11) is -4.34. The second kappa shape index (κ2) is 39.1. The maximum absolute atomic E-state index is 13.4. The van der Waals surface area contributed by atoms with Gasteiger partial charge in [-0.2, -0.15) is 0 Å². The Morgan fingerprint density at radius 3 is 1.10 bits per heavy atom. The highest BCUT2D eigenvalue weighted by atomic mass is 32.2. The maximum atomic E-state index is 13.4. The molecule has 0 saturated carbocycles. The predicted octanol–water partition coefficient (Wildman–Crippen LogP) is 11.7. The van der Waals surface area contributed by atoms with Crippen molar-refractivity contribution in [1.29, 1.82) is 0 Å². The van der Waals surface area contributed by atoms with Gasteiger partial charge in [0.05, 0.1) is 10.5 Å². The van der Waals surface area contributed by atoms with Crippen molar-refractivity contribution < 1.29 is 16.8 Å².